The summed E-state index contributed by atoms with van der Waals surface area (Å²) < 4.78 is 50.9. The second kappa shape index (κ2) is 9.43. The number of rotatable bonds is 5. The molecule has 6 heterocycles. The lowest BCUT2D eigenvalue weighted by molar-refractivity contribution is 0.111. The average Bonchev–Trinajstić information content (AvgIpc) is 3.70. The van der Waals surface area contributed by atoms with Gasteiger partial charge >= 0.3 is 0 Å². The quantitative estimate of drug-likeness (QED) is 0.327. The summed E-state index contributed by atoms with van der Waals surface area (Å²) >= 11 is 1.33. The van der Waals surface area contributed by atoms with Gasteiger partial charge in [-0.2, -0.15) is 4.98 Å². The summed E-state index contributed by atoms with van der Waals surface area (Å²) in [7, 11) is 0. The lowest BCUT2D eigenvalue weighted by Crippen LogP contribution is -2.51. The summed E-state index contributed by atoms with van der Waals surface area (Å²) in [4.78, 5) is 14.3. The molecule has 0 spiro atoms. The van der Waals surface area contributed by atoms with Crippen molar-refractivity contribution in [2.75, 3.05) is 37.7 Å². The number of thiazole rings is 1. The van der Waals surface area contributed by atoms with Gasteiger partial charge in [0.2, 0.25) is 5.88 Å². The molecule has 0 radical (unpaired) electrons. The monoisotopic (exact) mass is 581 g/mol. The van der Waals surface area contributed by atoms with Crippen molar-refractivity contribution in [2.45, 2.75) is 55.9 Å². The highest BCUT2D eigenvalue weighted by Gasteiger charge is 2.49. The van der Waals surface area contributed by atoms with E-state index < -0.39 is 17.8 Å². The van der Waals surface area contributed by atoms with E-state index in [-0.39, 0.29) is 16.7 Å². The Kier molecular flexibility index (Phi) is 5.88. The van der Waals surface area contributed by atoms with Crippen LogP contribution in [0.3, 0.4) is 0 Å². The minimum absolute atomic E-state index is 0.0538. The molecule has 7 nitrogen and oxygen atoms in total. The van der Waals surface area contributed by atoms with E-state index in [4.69, 9.17) is 14.7 Å². The molecule has 2 aromatic carbocycles. The fourth-order valence-electron chi connectivity index (χ4n) is 7.48. The number of aromatic nitrogens is 2. The number of hydrogen-bond donors (Lipinski definition) is 2. The number of halogens is 3. The number of phenolic OH excluding ortho intramolecular Hbond substituents is 1. The molecule has 4 aliphatic heterocycles. The highest BCUT2D eigenvalue weighted by molar-refractivity contribution is 7.21. The molecule has 4 atom stereocenters. The Labute approximate surface area is 238 Å². The minimum Gasteiger partial charge on any atom is -0.508 e. The summed E-state index contributed by atoms with van der Waals surface area (Å²) in [6.07, 6.45) is 3.77. The van der Waals surface area contributed by atoms with E-state index in [1.165, 1.54) is 29.5 Å². The number of piperazine rings is 1. The number of phenols is 1. The van der Waals surface area contributed by atoms with Crippen LogP contribution in [0.15, 0.2) is 30.3 Å². The fraction of sp³-hybridized carbons (Fsp3) is 0.467. The maximum atomic E-state index is 15.1. The van der Waals surface area contributed by atoms with Crippen molar-refractivity contribution in [3.05, 3.63) is 42.0 Å². The first-order valence-corrected chi connectivity index (χ1v) is 15.1. The predicted molar refractivity (Wildman–Crippen MR) is 153 cm³/mol. The van der Waals surface area contributed by atoms with Gasteiger partial charge in [-0.1, -0.05) is 6.07 Å². The average molecular weight is 582 g/mol. The number of hydrogen-bond acceptors (Lipinski definition) is 8. The third-order valence-corrected chi connectivity index (χ3v) is 10.4. The van der Waals surface area contributed by atoms with Crippen LogP contribution in [0, 0.1) is 11.6 Å². The van der Waals surface area contributed by atoms with Gasteiger partial charge in [-0.25, -0.2) is 18.2 Å². The Balaban J connectivity index is 1.23. The second-order valence-electron chi connectivity index (χ2n) is 12.0. The van der Waals surface area contributed by atoms with E-state index in [1.807, 2.05) is 6.07 Å². The number of pyridine rings is 1. The van der Waals surface area contributed by atoms with Gasteiger partial charge in [0.1, 0.15) is 29.1 Å². The van der Waals surface area contributed by atoms with Crippen LogP contribution in [0.4, 0.5) is 19.0 Å². The number of alkyl halides is 1. The SMILES string of the molecule is Oc1cc(-c2nc3c(N4CC5CCC(C4)N5)nc(OCC45CCCN4C[C@H](F)C5)cc3s2)c2c(F)c(F)ccc2c1. The first-order valence-electron chi connectivity index (χ1n) is 14.3. The summed E-state index contributed by atoms with van der Waals surface area (Å²) in [5.41, 5.74) is 0.690. The van der Waals surface area contributed by atoms with Crippen molar-refractivity contribution in [1.29, 1.82) is 0 Å². The lowest BCUT2D eigenvalue weighted by Gasteiger charge is -2.34. The lowest BCUT2D eigenvalue weighted by atomic mass is 9.95. The zero-order chi connectivity index (χ0) is 27.9. The molecule has 0 amide bonds. The fourth-order valence-corrected chi connectivity index (χ4v) is 8.49. The normalized spacial score (nSPS) is 27.8. The summed E-state index contributed by atoms with van der Waals surface area (Å²) in [5.74, 6) is -0.828. The molecular weight excluding hydrogens is 551 g/mol. The van der Waals surface area contributed by atoms with Crippen LogP contribution in [0.1, 0.15) is 32.1 Å². The standard InChI is InChI=1S/C30H30F3N5O2S/c31-17-11-30(6-1-7-38(30)12-17)15-40-24-10-23-27(28(35-24)37-13-18-3-4-19(14-37)34-18)36-29(41-23)21-9-20(39)8-16-2-5-22(32)26(33)25(16)21/h2,5,8-10,17-19,34,39H,1,3-4,6-7,11-15H2/t17-,18?,19?,30?/m1/s1. The van der Waals surface area contributed by atoms with Gasteiger partial charge in [0.05, 0.1) is 10.2 Å². The topological polar surface area (TPSA) is 73.8 Å². The minimum atomic E-state index is -0.971. The van der Waals surface area contributed by atoms with E-state index in [9.17, 15) is 13.9 Å². The van der Waals surface area contributed by atoms with Crippen LogP contribution in [0.5, 0.6) is 11.6 Å². The van der Waals surface area contributed by atoms with Gasteiger partial charge in [-0.15, -0.1) is 11.3 Å². The predicted octanol–water partition coefficient (Wildman–Crippen LogP) is 5.39. The van der Waals surface area contributed by atoms with Gasteiger partial charge in [-0.3, -0.25) is 4.90 Å². The number of nitrogens with one attached hydrogen (secondary N) is 1. The van der Waals surface area contributed by atoms with Crippen LogP contribution in [0.25, 0.3) is 31.6 Å². The van der Waals surface area contributed by atoms with Gasteiger partial charge in [0.25, 0.3) is 0 Å². The van der Waals surface area contributed by atoms with Crippen molar-refractivity contribution >= 4 is 38.1 Å². The highest BCUT2D eigenvalue weighted by Crippen LogP contribution is 2.43. The van der Waals surface area contributed by atoms with E-state index >= 15 is 4.39 Å². The van der Waals surface area contributed by atoms with Crippen LogP contribution in [-0.2, 0) is 0 Å². The second-order valence-corrected chi connectivity index (χ2v) is 13.0. The van der Waals surface area contributed by atoms with Crippen molar-refractivity contribution < 1.29 is 23.0 Å². The van der Waals surface area contributed by atoms with Crippen molar-refractivity contribution in [3.63, 3.8) is 0 Å². The summed E-state index contributed by atoms with van der Waals surface area (Å²) in [5, 5.41) is 15.0. The number of benzene rings is 2. The molecule has 2 bridgehead atoms. The van der Waals surface area contributed by atoms with Crippen molar-refractivity contribution in [1.82, 2.24) is 20.2 Å². The number of nitrogens with zero attached hydrogens (tertiary/aromatic N) is 4. The van der Waals surface area contributed by atoms with E-state index in [0.717, 1.165) is 56.1 Å². The molecule has 0 aliphatic carbocycles. The van der Waals surface area contributed by atoms with E-state index in [1.54, 1.807) is 0 Å². The summed E-state index contributed by atoms with van der Waals surface area (Å²) in [6, 6.07) is 7.94. The Morgan fingerprint density at radius 3 is 2.76 bits per heavy atom. The van der Waals surface area contributed by atoms with Gasteiger partial charge in [0, 0.05) is 55.2 Å². The third-order valence-electron chi connectivity index (χ3n) is 9.32. The number of anilines is 1. The number of aromatic hydroxyl groups is 1. The number of ether oxygens (including phenoxy) is 1. The smallest absolute Gasteiger partial charge is 0.216 e. The van der Waals surface area contributed by atoms with E-state index in [2.05, 4.69) is 15.1 Å². The zero-order valence-corrected chi connectivity index (χ0v) is 23.2. The molecule has 214 valence electrons. The molecule has 8 rings (SSSR count). The molecule has 4 saturated heterocycles. The van der Waals surface area contributed by atoms with Gasteiger partial charge in [0.15, 0.2) is 17.5 Å². The Morgan fingerprint density at radius 2 is 1.93 bits per heavy atom. The first kappa shape index (κ1) is 25.6. The zero-order valence-electron chi connectivity index (χ0n) is 22.4. The Morgan fingerprint density at radius 1 is 1.10 bits per heavy atom. The van der Waals surface area contributed by atoms with Crippen LogP contribution >= 0.6 is 11.3 Å². The van der Waals surface area contributed by atoms with Gasteiger partial charge in [-0.05, 0) is 55.8 Å². The third kappa shape index (κ3) is 4.23. The first-order chi connectivity index (χ1) is 19.8. The summed E-state index contributed by atoms with van der Waals surface area (Å²) in [6.45, 7) is 3.28. The molecule has 2 aromatic heterocycles. The maximum Gasteiger partial charge on any atom is 0.216 e. The largest absolute Gasteiger partial charge is 0.508 e. The van der Waals surface area contributed by atoms with Crippen LogP contribution < -0.4 is 15.0 Å². The molecule has 4 aromatic rings. The molecular formula is C30H30F3N5O2S. The molecule has 4 aliphatic rings. The van der Waals surface area contributed by atoms with Crippen molar-refractivity contribution in [2.24, 2.45) is 0 Å². The van der Waals surface area contributed by atoms with Crippen molar-refractivity contribution in [3.8, 4) is 22.2 Å². The number of fused-ring (bicyclic) bond motifs is 5. The molecule has 0 saturated carbocycles. The Bertz CT molecular complexity index is 1670. The molecule has 3 unspecified atom stereocenters. The molecule has 2 N–H and O–H groups in total. The maximum absolute atomic E-state index is 15.1. The van der Waals surface area contributed by atoms with Crippen LogP contribution in [-0.4, -0.2) is 76.6 Å². The van der Waals surface area contributed by atoms with Gasteiger partial charge < -0.3 is 20.1 Å². The molecule has 11 heteroatoms. The van der Waals surface area contributed by atoms with Crippen LogP contribution in [0.2, 0.25) is 0 Å². The Hall–Kier alpha value is -3.15. The molecule has 41 heavy (non-hydrogen) atoms. The molecule has 4 fully saturated rings. The van der Waals surface area contributed by atoms with E-state index in [0.29, 0.717) is 64.8 Å². The highest BCUT2D eigenvalue weighted by atomic mass is 32.1.